The number of likely N-dealkylation sites (N-methyl/N-ethyl adjacent to an activating group) is 1. The molecule has 1 saturated heterocycles. The molecule has 0 bridgehead atoms. The summed E-state index contributed by atoms with van der Waals surface area (Å²) in [6, 6.07) is 4.88. The van der Waals surface area contributed by atoms with Crippen LogP contribution >= 0.6 is 15.9 Å². The van der Waals surface area contributed by atoms with E-state index in [1.54, 1.807) is 19.2 Å². The number of aliphatic hydroxyl groups excluding tert-OH is 1. The van der Waals surface area contributed by atoms with E-state index in [-0.39, 0.29) is 11.5 Å². The van der Waals surface area contributed by atoms with Crippen molar-refractivity contribution in [3.8, 4) is 0 Å². The van der Waals surface area contributed by atoms with Crippen LogP contribution in [0.4, 0.5) is 0 Å². The van der Waals surface area contributed by atoms with Crippen LogP contribution in [0.1, 0.15) is 18.4 Å². The van der Waals surface area contributed by atoms with Crippen molar-refractivity contribution in [2.75, 3.05) is 33.2 Å². The zero-order valence-corrected chi connectivity index (χ0v) is 14.5. The van der Waals surface area contributed by atoms with E-state index in [9.17, 15) is 13.5 Å². The number of likely N-dealkylation sites (tertiary alicyclic amines) is 1. The first kappa shape index (κ1) is 16.9. The summed E-state index contributed by atoms with van der Waals surface area (Å²) in [5.41, 5.74) is 0.588. The molecule has 0 radical (unpaired) electrons. The summed E-state index contributed by atoms with van der Waals surface area (Å²) >= 11 is 3.28. The number of sulfonamides is 1. The fourth-order valence-electron chi connectivity index (χ4n) is 2.42. The highest BCUT2D eigenvalue weighted by molar-refractivity contribution is 9.10. The van der Waals surface area contributed by atoms with Crippen molar-refractivity contribution in [2.45, 2.75) is 24.3 Å². The number of hydrogen-bond acceptors (Lipinski definition) is 4. The molecule has 5 nitrogen and oxygen atoms in total. The lowest BCUT2D eigenvalue weighted by molar-refractivity contribution is 0.281. The van der Waals surface area contributed by atoms with Gasteiger partial charge in [0.2, 0.25) is 10.0 Å². The van der Waals surface area contributed by atoms with Crippen LogP contribution < -0.4 is 0 Å². The van der Waals surface area contributed by atoms with Gasteiger partial charge in [-0.05, 0) is 59.6 Å². The Balaban J connectivity index is 2.12. The highest BCUT2D eigenvalue weighted by atomic mass is 79.9. The molecule has 1 aliphatic rings. The minimum absolute atomic E-state index is 0.173. The number of nitrogens with zero attached hydrogens (tertiary/aromatic N) is 2. The molecule has 1 heterocycles. The van der Waals surface area contributed by atoms with E-state index in [4.69, 9.17) is 0 Å². The average Bonchev–Trinajstić information content (AvgIpc) is 2.98. The fraction of sp³-hybridized carbons (Fsp3) is 0.571. The lowest BCUT2D eigenvalue weighted by Crippen LogP contribution is -2.35. The second-order valence-electron chi connectivity index (χ2n) is 5.30. The molecule has 21 heavy (non-hydrogen) atoms. The van der Waals surface area contributed by atoms with E-state index in [1.165, 1.54) is 23.2 Å². The molecule has 2 rings (SSSR count). The Labute approximate surface area is 134 Å². The molecule has 1 aliphatic heterocycles. The summed E-state index contributed by atoms with van der Waals surface area (Å²) in [5.74, 6) is 0. The molecular weight excluding hydrogens is 356 g/mol. The van der Waals surface area contributed by atoms with Crippen LogP contribution in [0.3, 0.4) is 0 Å². The summed E-state index contributed by atoms with van der Waals surface area (Å²) in [6.45, 7) is 3.16. The van der Waals surface area contributed by atoms with Crippen molar-refractivity contribution < 1.29 is 13.5 Å². The highest BCUT2D eigenvalue weighted by Gasteiger charge is 2.24. The van der Waals surface area contributed by atoms with Crippen LogP contribution in [-0.2, 0) is 16.6 Å². The van der Waals surface area contributed by atoms with Gasteiger partial charge in [0.15, 0.2) is 0 Å². The maximum Gasteiger partial charge on any atom is 0.243 e. The van der Waals surface area contributed by atoms with Crippen molar-refractivity contribution in [2.24, 2.45) is 0 Å². The van der Waals surface area contributed by atoms with Crippen molar-refractivity contribution in [1.82, 2.24) is 9.21 Å². The Hall–Kier alpha value is -0.470. The first-order valence-electron chi connectivity index (χ1n) is 7.03. The van der Waals surface area contributed by atoms with E-state index in [0.29, 0.717) is 16.6 Å². The van der Waals surface area contributed by atoms with Crippen molar-refractivity contribution >= 4 is 26.0 Å². The highest BCUT2D eigenvalue weighted by Crippen LogP contribution is 2.25. The van der Waals surface area contributed by atoms with E-state index in [2.05, 4.69) is 20.8 Å². The van der Waals surface area contributed by atoms with Gasteiger partial charge >= 0.3 is 0 Å². The molecule has 118 valence electrons. The number of halogens is 1. The first-order valence-corrected chi connectivity index (χ1v) is 9.26. The quantitative estimate of drug-likeness (QED) is 0.819. The summed E-state index contributed by atoms with van der Waals surface area (Å²) in [5, 5.41) is 9.17. The second-order valence-corrected chi connectivity index (χ2v) is 8.17. The minimum Gasteiger partial charge on any atom is -0.392 e. The van der Waals surface area contributed by atoms with Gasteiger partial charge in [-0.1, -0.05) is 6.07 Å². The topological polar surface area (TPSA) is 60.9 Å². The SMILES string of the molecule is CN(CCN1CCCC1)S(=O)(=O)c1cc(CO)ccc1Br. The van der Waals surface area contributed by atoms with E-state index in [0.717, 1.165) is 19.6 Å². The van der Waals surface area contributed by atoms with E-state index in [1.807, 2.05) is 0 Å². The molecule has 0 atom stereocenters. The fourth-order valence-corrected chi connectivity index (χ4v) is 4.55. The normalized spacial score (nSPS) is 16.8. The smallest absolute Gasteiger partial charge is 0.243 e. The van der Waals surface area contributed by atoms with Gasteiger partial charge in [-0.15, -0.1) is 0 Å². The summed E-state index contributed by atoms with van der Waals surface area (Å²) in [6.07, 6.45) is 2.39. The number of aliphatic hydroxyl groups is 1. The molecule has 0 saturated carbocycles. The lowest BCUT2D eigenvalue weighted by Gasteiger charge is -2.22. The van der Waals surface area contributed by atoms with Crippen LogP contribution in [0.15, 0.2) is 27.6 Å². The average molecular weight is 377 g/mol. The largest absolute Gasteiger partial charge is 0.392 e. The van der Waals surface area contributed by atoms with Gasteiger partial charge in [-0.2, -0.15) is 4.31 Å². The van der Waals surface area contributed by atoms with Crippen LogP contribution in [0.25, 0.3) is 0 Å². The molecule has 0 aromatic heterocycles. The molecule has 1 fully saturated rings. The number of rotatable bonds is 6. The molecule has 0 aliphatic carbocycles. The van der Waals surface area contributed by atoms with Gasteiger partial charge in [0.25, 0.3) is 0 Å². The predicted molar refractivity (Wildman–Crippen MR) is 85.6 cm³/mol. The van der Waals surface area contributed by atoms with Crippen LogP contribution in [0.2, 0.25) is 0 Å². The summed E-state index contributed by atoms with van der Waals surface area (Å²) in [7, 11) is -1.94. The summed E-state index contributed by atoms with van der Waals surface area (Å²) in [4.78, 5) is 2.49. The predicted octanol–water partition coefficient (Wildman–Crippen LogP) is 1.66. The molecule has 1 aromatic rings. The van der Waals surface area contributed by atoms with Crippen LogP contribution in [0.5, 0.6) is 0 Å². The third-order valence-electron chi connectivity index (χ3n) is 3.80. The molecule has 0 spiro atoms. The van der Waals surface area contributed by atoms with Crippen molar-refractivity contribution in [3.05, 3.63) is 28.2 Å². The zero-order valence-electron chi connectivity index (χ0n) is 12.1. The van der Waals surface area contributed by atoms with Gasteiger partial charge in [0, 0.05) is 24.6 Å². The van der Waals surface area contributed by atoms with Gasteiger partial charge in [-0.25, -0.2) is 8.42 Å². The van der Waals surface area contributed by atoms with E-state index < -0.39 is 10.0 Å². The molecule has 7 heteroatoms. The number of benzene rings is 1. The molecule has 0 unspecified atom stereocenters. The first-order chi connectivity index (χ1) is 9.95. The van der Waals surface area contributed by atoms with Gasteiger partial charge in [0.1, 0.15) is 0 Å². The Morgan fingerprint density at radius 3 is 2.62 bits per heavy atom. The minimum atomic E-state index is -3.55. The van der Waals surface area contributed by atoms with Gasteiger partial charge in [-0.3, -0.25) is 0 Å². The van der Waals surface area contributed by atoms with Crippen molar-refractivity contribution in [1.29, 1.82) is 0 Å². The maximum atomic E-state index is 12.6. The molecule has 0 amide bonds. The van der Waals surface area contributed by atoms with Crippen molar-refractivity contribution in [3.63, 3.8) is 0 Å². The third-order valence-corrected chi connectivity index (χ3v) is 6.65. The summed E-state index contributed by atoms with van der Waals surface area (Å²) < 4.78 is 27.1. The van der Waals surface area contributed by atoms with Gasteiger partial charge < -0.3 is 10.0 Å². The van der Waals surface area contributed by atoms with Crippen LogP contribution in [0, 0.1) is 0 Å². The monoisotopic (exact) mass is 376 g/mol. The third kappa shape index (κ3) is 4.04. The van der Waals surface area contributed by atoms with E-state index >= 15 is 0 Å². The Kier molecular flexibility index (Phi) is 5.79. The Bertz CT molecular complexity index is 586. The lowest BCUT2D eigenvalue weighted by atomic mass is 10.2. The molecule has 1 N–H and O–H groups in total. The molecular formula is C14H21BrN2O3S. The maximum absolute atomic E-state index is 12.6. The Morgan fingerprint density at radius 2 is 2.00 bits per heavy atom. The Morgan fingerprint density at radius 1 is 1.33 bits per heavy atom. The van der Waals surface area contributed by atoms with Gasteiger partial charge in [0.05, 0.1) is 11.5 Å². The second kappa shape index (κ2) is 7.19. The van der Waals surface area contributed by atoms with Crippen LogP contribution in [-0.4, -0.2) is 56.0 Å². The zero-order chi connectivity index (χ0) is 15.5. The molecule has 1 aromatic carbocycles. The standard InChI is InChI=1S/C14H21BrN2O3S/c1-16(8-9-17-6-2-3-7-17)21(19,20)14-10-12(11-18)4-5-13(14)15/h4-5,10,18H,2-3,6-9,11H2,1H3. The number of hydrogen-bond donors (Lipinski definition) is 1.